The molecule has 0 spiro atoms. The summed E-state index contributed by atoms with van der Waals surface area (Å²) in [7, 11) is 0. The Morgan fingerprint density at radius 3 is 2.85 bits per heavy atom. The van der Waals surface area contributed by atoms with Crippen molar-refractivity contribution in [3.05, 3.63) is 54.2 Å². The maximum atomic E-state index is 12.9. The number of fused-ring (bicyclic) bond motifs is 1. The van der Waals surface area contributed by atoms with Crippen molar-refractivity contribution in [2.45, 2.75) is 26.6 Å². The van der Waals surface area contributed by atoms with Crippen LogP contribution in [-0.2, 0) is 4.74 Å². The van der Waals surface area contributed by atoms with Gasteiger partial charge in [-0.05, 0) is 31.5 Å². The van der Waals surface area contributed by atoms with Crippen molar-refractivity contribution in [2.75, 3.05) is 31.6 Å². The molecule has 1 fully saturated rings. The zero-order valence-corrected chi connectivity index (χ0v) is 21.0. The summed E-state index contributed by atoms with van der Waals surface area (Å²) in [6.07, 6.45) is 1.48. The first-order chi connectivity index (χ1) is 18.7. The zero-order chi connectivity index (χ0) is 27.5. The third-order valence-corrected chi connectivity index (χ3v) is 5.88. The molecule has 14 heteroatoms. The van der Waals surface area contributed by atoms with E-state index in [1.807, 2.05) is 19.1 Å². The van der Waals surface area contributed by atoms with Gasteiger partial charge in [0.05, 0.1) is 24.9 Å². The van der Waals surface area contributed by atoms with Crippen LogP contribution in [0.1, 0.15) is 11.5 Å². The molecule has 5 rings (SSSR count). The summed E-state index contributed by atoms with van der Waals surface area (Å²) in [4.78, 5) is 25.1. The number of ether oxygens (including phenoxy) is 3. The summed E-state index contributed by atoms with van der Waals surface area (Å²) in [5.74, 6) is 1.80. The molecule has 4 aromatic rings. The van der Waals surface area contributed by atoms with Gasteiger partial charge < -0.3 is 29.5 Å². The first-order valence-corrected chi connectivity index (χ1v) is 12.0. The monoisotopic (exact) mass is 541 g/mol. The molecule has 0 aromatic carbocycles. The van der Waals surface area contributed by atoms with Crippen molar-refractivity contribution >= 4 is 23.2 Å². The number of alkyl halides is 2. The first-order valence-electron chi connectivity index (χ1n) is 12.0. The number of rotatable bonds is 8. The molecule has 39 heavy (non-hydrogen) atoms. The molecule has 0 saturated carbocycles. The smallest absolute Gasteiger partial charge is 0.407 e. The highest BCUT2D eigenvalue weighted by molar-refractivity contribution is 5.75. The molecule has 0 aliphatic carbocycles. The summed E-state index contributed by atoms with van der Waals surface area (Å²) >= 11 is 0. The topological polar surface area (TPSA) is 136 Å². The van der Waals surface area contributed by atoms with E-state index in [9.17, 15) is 18.7 Å². The molecule has 5 heterocycles. The van der Waals surface area contributed by atoms with E-state index in [1.54, 1.807) is 29.8 Å². The number of anilines is 2. The van der Waals surface area contributed by atoms with E-state index < -0.39 is 18.8 Å². The van der Waals surface area contributed by atoms with E-state index in [0.29, 0.717) is 39.9 Å². The second kappa shape index (κ2) is 11.0. The molecule has 1 amide bonds. The Hall–Kier alpha value is -4.59. The van der Waals surface area contributed by atoms with Crippen LogP contribution in [0.15, 0.2) is 42.7 Å². The van der Waals surface area contributed by atoms with Crippen LogP contribution < -0.4 is 14.8 Å². The number of pyridine rings is 2. The third-order valence-electron chi connectivity index (χ3n) is 5.88. The highest BCUT2D eigenvalue weighted by atomic mass is 19.3. The normalized spacial score (nSPS) is 15.5. The highest BCUT2D eigenvalue weighted by Crippen LogP contribution is 2.34. The molecule has 0 radical (unpaired) electrons. The summed E-state index contributed by atoms with van der Waals surface area (Å²) in [5.41, 5.74) is 2.62. The van der Waals surface area contributed by atoms with Crippen molar-refractivity contribution in [1.29, 1.82) is 0 Å². The second-order valence-electron chi connectivity index (χ2n) is 8.81. The van der Waals surface area contributed by atoms with Crippen LogP contribution in [0.4, 0.5) is 25.2 Å². The zero-order valence-electron chi connectivity index (χ0n) is 21.0. The van der Waals surface area contributed by atoms with Gasteiger partial charge in [0.15, 0.2) is 5.82 Å². The molecular weight excluding hydrogens is 516 g/mol. The van der Waals surface area contributed by atoms with E-state index in [1.165, 1.54) is 17.2 Å². The lowest BCUT2D eigenvalue weighted by molar-refractivity contribution is -0.0530. The lowest BCUT2D eigenvalue weighted by atomic mass is 10.1. The predicted molar refractivity (Wildman–Crippen MR) is 135 cm³/mol. The molecule has 0 bridgehead atoms. The average Bonchev–Trinajstić information content (AvgIpc) is 3.28. The minimum absolute atomic E-state index is 0.0360. The number of nitrogens with zero attached hydrogens (tertiary/aromatic N) is 6. The van der Waals surface area contributed by atoms with E-state index >= 15 is 0 Å². The number of aromatic nitrogens is 5. The molecule has 1 aliphatic rings. The second-order valence-corrected chi connectivity index (χ2v) is 8.81. The van der Waals surface area contributed by atoms with Crippen LogP contribution >= 0.6 is 0 Å². The van der Waals surface area contributed by atoms with Crippen molar-refractivity contribution in [3.8, 4) is 22.8 Å². The number of morpholine rings is 1. The summed E-state index contributed by atoms with van der Waals surface area (Å²) in [6.45, 7) is 1.33. The number of carboxylic acid groups (broad SMARTS) is 1. The number of aryl methyl sites for hydroxylation is 2. The molecule has 204 valence electrons. The Morgan fingerprint density at radius 1 is 1.23 bits per heavy atom. The van der Waals surface area contributed by atoms with Crippen LogP contribution in [0.25, 0.3) is 16.6 Å². The summed E-state index contributed by atoms with van der Waals surface area (Å²) in [5, 5.41) is 16.9. The Morgan fingerprint density at radius 2 is 2.08 bits per heavy atom. The van der Waals surface area contributed by atoms with Crippen molar-refractivity contribution in [2.24, 2.45) is 0 Å². The lowest BCUT2D eigenvalue weighted by Gasteiger charge is -2.30. The number of amides is 1. The minimum atomic E-state index is -3.05. The fraction of sp³-hybridized carbons (Fsp3) is 0.320. The van der Waals surface area contributed by atoms with Gasteiger partial charge in [-0.3, -0.25) is 0 Å². The Labute approximate surface area is 221 Å². The van der Waals surface area contributed by atoms with Crippen LogP contribution in [0.2, 0.25) is 0 Å². The molecule has 1 saturated heterocycles. The van der Waals surface area contributed by atoms with E-state index in [4.69, 9.17) is 9.47 Å². The summed E-state index contributed by atoms with van der Waals surface area (Å²) < 4.78 is 43.5. The van der Waals surface area contributed by atoms with E-state index in [-0.39, 0.29) is 32.2 Å². The fourth-order valence-corrected chi connectivity index (χ4v) is 4.23. The maximum Gasteiger partial charge on any atom is 0.407 e. The highest BCUT2D eigenvalue weighted by Gasteiger charge is 2.25. The third kappa shape index (κ3) is 6.29. The molecular formula is C25H25F2N7O5. The molecule has 4 aromatic heterocycles. The standard InChI is InChI=1S/C25H25F2N7O5/c1-14-7-21(30-15(2)29-14)31-22-9-17-8-16(3-4-34(17)32-22)19-10-23(39-24(26)27)28-11-20(19)38-13-18-12-33(25(35)36)5-6-37-18/h3-4,7-11,18,24H,5-6,12-13H2,1-2H3,(H,35,36)(H,29,30,31,32)/t18-/m0/s1. The Bertz CT molecular complexity index is 1480. The largest absolute Gasteiger partial charge is 0.489 e. The van der Waals surface area contributed by atoms with Crippen LogP contribution in [-0.4, -0.2) is 79.7 Å². The van der Waals surface area contributed by atoms with Gasteiger partial charge in [-0.2, -0.15) is 13.9 Å². The number of nitrogens with one attached hydrogen (secondary N) is 1. The quantitative estimate of drug-likeness (QED) is 0.338. The molecule has 1 aliphatic heterocycles. The van der Waals surface area contributed by atoms with Gasteiger partial charge in [0.1, 0.15) is 30.1 Å². The van der Waals surface area contributed by atoms with Gasteiger partial charge in [-0.15, -0.1) is 0 Å². The predicted octanol–water partition coefficient (Wildman–Crippen LogP) is 3.91. The Balaban J connectivity index is 1.41. The SMILES string of the molecule is Cc1cc(Nc2cc3cc(-c4cc(OC(F)F)ncc4OC[C@@H]4CN(C(=O)O)CCO4)ccn3n2)nc(C)n1. The maximum absolute atomic E-state index is 12.9. The molecule has 12 nitrogen and oxygen atoms in total. The molecule has 1 atom stereocenters. The van der Waals surface area contributed by atoms with Gasteiger partial charge in [0.2, 0.25) is 5.88 Å². The van der Waals surface area contributed by atoms with Crippen LogP contribution in [0.5, 0.6) is 11.6 Å². The lowest BCUT2D eigenvalue weighted by Crippen LogP contribution is -2.47. The molecule has 0 unspecified atom stereocenters. The number of hydrogen-bond acceptors (Lipinski definition) is 9. The number of halogens is 2. The van der Waals surface area contributed by atoms with Crippen LogP contribution in [0, 0.1) is 13.8 Å². The summed E-state index contributed by atoms with van der Waals surface area (Å²) in [6, 6.07) is 8.54. The Kier molecular flexibility index (Phi) is 7.36. The van der Waals surface area contributed by atoms with E-state index in [0.717, 1.165) is 5.69 Å². The van der Waals surface area contributed by atoms with Gasteiger partial charge in [-0.25, -0.2) is 24.3 Å². The van der Waals surface area contributed by atoms with Crippen LogP contribution in [0.3, 0.4) is 0 Å². The van der Waals surface area contributed by atoms with Crippen molar-refractivity contribution in [1.82, 2.24) is 29.5 Å². The van der Waals surface area contributed by atoms with Crippen molar-refractivity contribution in [3.63, 3.8) is 0 Å². The van der Waals surface area contributed by atoms with E-state index in [2.05, 4.69) is 30.1 Å². The van der Waals surface area contributed by atoms with Gasteiger partial charge in [-0.1, -0.05) is 0 Å². The van der Waals surface area contributed by atoms with Gasteiger partial charge >= 0.3 is 12.7 Å². The number of hydrogen-bond donors (Lipinski definition) is 2. The average molecular weight is 542 g/mol. The van der Waals surface area contributed by atoms with Gasteiger partial charge in [0.25, 0.3) is 0 Å². The fourth-order valence-electron chi connectivity index (χ4n) is 4.23. The first kappa shape index (κ1) is 26.0. The van der Waals surface area contributed by atoms with Gasteiger partial charge in [0, 0.05) is 42.2 Å². The van der Waals surface area contributed by atoms with Crippen molar-refractivity contribution < 1.29 is 32.9 Å². The molecule has 2 N–H and O–H groups in total. The number of carbonyl (C=O) groups is 1. The minimum Gasteiger partial charge on any atom is -0.489 e.